The van der Waals surface area contributed by atoms with Crippen LogP contribution in [-0.2, 0) is 6.54 Å². The highest BCUT2D eigenvalue weighted by atomic mass is 35.5. The van der Waals surface area contributed by atoms with E-state index in [0.717, 1.165) is 5.56 Å². The van der Waals surface area contributed by atoms with Gasteiger partial charge in [-0.25, -0.2) is 4.79 Å². The van der Waals surface area contributed by atoms with Gasteiger partial charge in [-0.15, -0.1) is 0 Å². The Balaban J connectivity index is 2.01. The lowest BCUT2D eigenvalue weighted by atomic mass is 10.2. The average molecular weight is 305 g/mol. The Morgan fingerprint density at radius 1 is 1.19 bits per heavy atom. The lowest BCUT2D eigenvalue weighted by Gasteiger charge is -2.19. The Hall–Kier alpha value is -2.20. The molecule has 0 radical (unpaired) electrons. The van der Waals surface area contributed by atoms with Gasteiger partial charge in [-0.1, -0.05) is 35.9 Å². The Kier molecular flexibility index (Phi) is 5.06. The number of nitrogens with one attached hydrogen (secondary N) is 1. The molecule has 1 N–H and O–H groups in total. The maximum atomic E-state index is 12.2. The van der Waals surface area contributed by atoms with Crippen LogP contribution >= 0.6 is 11.6 Å². The molecule has 0 aliphatic heterocycles. The minimum absolute atomic E-state index is 0.200. The summed E-state index contributed by atoms with van der Waals surface area (Å²) in [6.45, 7) is 0.498. The highest BCUT2D eigenvalue weighted by Crippen LogP contribution is 2.23. The van der Waals surface area contributed by atoms with E-state index in [-0.39, 0.29) is 6.03 Å². The Morgan fingerprint density at radius 2 is 1.86 bits per heavy atom. The van der Waals surface area contributed by atoms with Crippen LogP contribution < -0.4 is 10.1 Å². The summed E-state index contributed by atoms with van der Waals surface area (Å²) in [7, 11) is 3.31. The van der Waals surface area contributed by atoms with Crippen molar-refractivity contribution in [3.8, 4) is 5.75 Å². The fraction of sp³-hybridized carbons (Fsp3) is 0.188. The first kappa shape index (κ1) is 15.2. The summed E-state index contributed by atoms with van der Waals surface area (Å²) >= 11 is 5.84. The molecule has 5 heteroatoms. The molecule has 110 valence electrons. The van der Waals surface area contributed by atoms with Gasteiger partial charge in [-0.2, -0.15) is 0 Å². The normalized spacial score (nSPS) is 10.0. The third-order valence-electron chi connectivity index (χ3n) is 3.03. The minimum atomic E-state index is -0.200. The zero-order chi connectivity index (χ0) is 15.2. The van der Waals surface area contributed by atoms with E-state index in [4.69, 9.17) is 16.3 Å². The van der Waals surface area contributed by atoms with Crippen molar-refractivity contribution in [3.63, 3.8) is 0 Å². The molecule has 4 nitrogen and oxygen atoms in total. The molecule has 2 aromatic carbocycles. The smallest absolute Gasteiger partial charge is 0.321 e. The summed E-state index contributed by atoms with van der Waals surface area (Å²) in [4.78, 5) is 13.8. The summed E-state index contributed by atoms with van der Waals surface area (Å²) in [5.41, 5.74) is 1.66. The third-order valence-corrected chi connectivity index (χ3v) is 3.28. The van der Waals surface area contributed by atoms with Gasteiger partial charge in [0.25, 0.3) is 0 Å². The van der Waals surface area contributed by atoms with Crippen molar-refractivity contribution in [2.24, 2.45) is 0 Å². The van der Waals surface area contributed by atoms with E-state index >= 15 is 0 Å². The van der Waals surface area contributed by atoms with Crippen molar-refractivity contribution < 1.29 is 9.53 Å². The SMILES string of the molecule is COc1ccccc1NC(=O)N(C)Cc1ccc(Cl)cc1. The maximum absolute atomic E-state index is 12.2. The fourth-order valence-electron chi connectivity index (χ4n) is 1.89. The topological polar surface area (TPSA) is 41.6 Å². The largest absolute Gasteiger partial charge is 0.495 e. The van der Waals surface area contributed by atoms with Crippen LogP contribution in [0.1, 0.15) is 5.56 Å². The number of carbonyl (C=O) groups excluding carboxylic acids is 1. The van der Waals surface area contributed by atoms with Crippen molar-refractivity contribution in [2.45, 2.75) is 6.54 Å². The average Bonchev–Trinajstić information content (AvgIpc) is 2.50. The van der Waals surface area contributed by atoms with Gasteiger partial charge in [0.1, 0.15) is 5.75 Å². The molecule has 2 amide bonds. The summed E-state index contributed by atoms with van der Waals surface area (Å²) in [6.07, 6.45) is 0. The first-order valence-corrected chi connectivity index (χ1v) is 6.87. The number of anilines is 1. The third kappa shape index (κ3) is 4.13. The number of ether oxygens (including phenoxy) is 1. The van der Waals surface area contributed by atoms with Gasteiger partial charge >= 0.3 is 6.03 Å². The second-order valence-corrected chi connectivity index (χ2v) is 5.05. The number of hydrogen-bond donors (Lipinski definition) is 1. The van der Waals surface area contributed by atoms with E-state index < -0.39 is 0 Å². The second kappa shape index (κ2) is 6.99. The lowest BCUT2D eigenvalue weighted by molar-refractivity contribution is 0.220. The van der Waals surface area contributed by atoms with Gasteiger partial charge in [0, 0.05) is 18.6 Å². The number of carbonyl (C=O) groups is 1. The second-order valence-electron chi connectivity index (χ2n) is 4.61. The number of halogens is 1. The van der Waals surface area contributed by atoms with Crippen molar-refractivity contribution >= 4 is 23.3 Å². The van der Waals surface area contributed by atoms with Crippen molar-refractivity contribution in [1.29, 1.82) is 0 Å². The highest BCUT2D eigenvalue weighted by Gasteiger charge is 2.11. The Morgan fingerprint density at radius 3 is 2.52 bits per heavy atom. The van der Waals surface area contributed by atoms with Crippen LogP contribution in [0.2, 0.25) is 5.02 Å². The summed E-state index contributed by atoms with van der Waals surface area (Å²) < 4.78 is 5.21. The molecular weight excluding hydrogens is 288 g/mol. The first-order valence-electron chi connectivity index (χ1n) is 6.49. The predicted molar refractivity (Wildman–Crippen MR) is 84.9 cm³/mol. The van der Waals surface area contributed by atoms with Crippen molar-refractivity contribution in [3.05, 3.63) is 59.1 Å². The molecule has 0 spiro atoms. The number of para-hydroxylation sites is 2. The molecule has 21 heavy (non-hydrogen) atoms. The molecule has 0 unspecified atom stereocenters. The Bertz CT molecular complexity index is 614. The monoisotopic (exact) mass is 304 g/mol. The van der Waals surface area contributed by atoms with Gasteiger partial charge in [0.05, 0.1) is 12.8 Å². The van der Waals surface area contributed by atoms with Gasteiger partial charge < -0.3 is 15.0 Å². The number of urea groups is 1. The molecule has 0 fully saturated rings. The molecule has 0 aliphatic rings. The quantitative estimate of drug-likeness (QED) is 0.927. The van der Waals surface area contributed by atoms with Crippen LogP contribution in [0, 0.1) is 0 Å². The number of methoxy groups -OCH3 is 1. The molecular formula is C16H17ClN2O2. The van der Waals surface area contributed by atoms with E-state index in [1.165, 1.54) is 0 Å². The van der Waals surface area contributed by atoms with E-state index in [9.17, 15) is 4.79 Å². The van der Waals surface area contributed by atoms with Crippen molar-refractivity contribution in [2.75, 3.05) is 19.5 Å². The van der Waals surface area contributed by atoms with Gasteiger partial charge in [-0.3, -0.25) is 0 Å². The molecule has 0 heterocycles. The predicted octanol–water partition coefficient (Wildman–Crippen LogP) is 4.01. The lowest BCUT2D eigenvalue weighted by Crippen LogP contribution is -2.30. The molecule has 0 bridgehead atoms. The minimum Gasteiger partial charge on any atom is -0.495 e. The molecule has 0 saturated carbocycles. The standard InChI is InChI=1S/C16H17ClN2O2/c1-19(11-12-7-9-13(17)10-8-12)16(20)18-14-5-3-4-6-15(14)21-2/h3-10H,11H2,1-2H3,(H,18,20). The molecule has 0 atom stereocenters. The Labute approximate surface area is 129 Å². The zero-order valence-electron chi connectivity index (χ0n) is 12.0. The van der Waals surface area contributed by atoms with Gasteiger partial charge in [0.15, 0.2) is 0 Å². The fourth-order valence-corrected chi connectivity index (χ4v) is 2.02. The van der Waals surface area contributed by atoms with Crippen molar-refractivity contribution in [1.82, 2.24) is 4.90 Å². The van der Waals surface area contributed by atoms with Crippen LogP contribution in [0.3, 0.4) is 0 Å². The number of nitrogens with zero attached hydrogens (tertiary/aromatic N) is 1. The number of benzene rings is 2. The summed E-state index contributed by atoms with van der Waals surface area (Å²) in [5.74, 6) is 0.630. The maximum Gasteiger partial charge on any atom is 0.321 e. The number of hydrogen-bond acceptors (Lipinski definition) is 2. The summed E-state index contributed by atoms with van der Waals surface area (Å²) in [6, 6.07) is 14.5. The van der Waals surface area contributed by atoms with Crippen LogP contribution in [0.4, 0.5) is 10.5 Å². The van der Waals surface area contributed by atoms with E-state index in [2.05, 4.69) is 5.32 Å². The molecule has 0 aromatic heterocycles. The number of rotatable bonds is 4. The zero-order valence-corrected chi connectivity index (χ0v) is 12.7. The van der Waals surface area contributed by atoms with E-state index in [1.807, 2.05) is 36.4 Å². The van der Waals surface area contributed by atoms with Gasteiger partial charge in [0.2, 0.25) is 0 Å². The van der Waals surface area contributed by atoms with Crippen LogP contribution in [0.5, 0.6) is 5.75 Å². The van der Waals surface area contributed by atoms with Crippen LogP contribution in [0.15, 0.2) is 48.5 Å². The van der Waals surface area contributed by atoms with E-state index in [1.54, 1.807) is 31.2 Å². The van der Waals surface area contributed by atoms with Crippen LogP contribution in [0.25, 0.3) is 0 Å². The first-order chi connectivity index (χ1) is 10.1. The molecule has 0 aliphatic carbocycles. The molecule has 0 saturated heterocycles. The summed E-state index contributed by atoms with van der Waals surface area (Å²) in [5, 5.41) is 3.51. The molecule has 2 aromatic rings. The highest BCUT2D eigenvalue weighted by molar-refractivity contribution is 6.30. The van der Waals surface area contributed by atoms with E-state index in [0.29, 0.717) is 23.0 Å². The van der Waals surface area contributed by atoms with Crippen LogP contribution in [-0.4, -0.2) is 25.1 Å². The van der Waals surface area contributed by atoms with Gasteiger partial charge in [-0.05, 0) is 29.8 Å². The number of amides is 2. The molecule has 2 rings (SSSR count).